The Hall–Kier alpha value is -0.770. The van der Waals surface area contributed by atoms with Gasteiger partial charge in [0, 0.05) is 29.7 Å². The number of benzene rings is 1. The number of quaternary nitrogens is 1. The van der Waals surface area contributed by atoms with Gasteiger partial charge in [-0.3, -0.25) is 0 Å². The molecule has 4 rings (SSSR count). The van der Waals surface area contributed by atoms with Crippen molar-refractivity contribution in [3.8, 4) is 0 Å². The van der Waals surface area contributed by atoms with Crippen LogP contribution in [0.3, 0.4) is 0 Å². The third-order valence-corrected chi connectivity index (χ3v) is 4.99. The Kier molecular flexibility index (Phi) is 3.46. The van der Waals surface area contributed by atoms with Crippen molar-refractivity contribution in [2.24, 2.45) is 5.92 Å². The van der Waals surface area contributed by atoms with E-state index in [4.69, 9.17) is 0 Å². The normalized spacial score (nSPS) is 33.0. The highest BCUT2D eigenvalue weighted by atomic mass is 32.2. The highest BCUT2D eigenvalue weighted by Crippen LogP contribution is 2.25. The van der Waals surface area contributed by atoms with Crippen molar-refractivity contribution in [1.82, 2.24) is 0 Å². The van der Waals surface area contributed by atoms with Crippen molar-refractivity contribution >= 4 is 17.8 Å². The summed E-state index contributed by atoms with van der Waals surface area (Å²) in [6.07, 6.45) is 6.42. The highest BCUT2D eigenvalue weighted by Gasteiger charge is 2.40. The van der Waals surface area contributed by atoms with E-state index in [1.54, 1.807) is 11.8 Å². The van der Waals surface area contributed by atoms with Crippen LogP contribution >= 0.6 is 11.8 Å². The van der Waals surface area contributed by atoms with Gasteiger partial charge in [0.15, 0.2) is 0 Å². The summed E-state index contributed by atoms with van der Waals surface area (Å²) in [6, 6.07) is 8.59. The summed E-state index contributed by atoms with van der Waals surface area (Å²) in [4.78, 5) is 2.77. The van der Waals surface area contributed by atoms with Crippen molar-refractivity contribution in [2.75, 3.05) is 19.3 Å². The molecule has 3 heterocycles. The number of nitrogens with one attached hydrogen (secondary N) is 1. The fourth-order valence-electron chi connectivity index (χ4n) is 3.12. The Morgan fingerprint density at radius 3 is 2.44 bits per heavy atom. The minimum absolute atomic E-state index is 0.220. The smallest absolute Gasteiger partial charge is 0.137 e. The number of rotatable bonds is 2. The molecule has 1 atom stereocenters. The summed E-state index contributed by atoms with van der Waals surface area (Å²) in [7, 11) is 0. The average molecular weight is 262 g/mol. The first kappa shape index (κ1) is 12.3. The van der Waals surface area contributed by atoms with Crippen LogP contribution in [0, 0.1) is 5.92 Å². The quantitative estimate of drug-likeness (QED) is 0.788. The SMILES string of the molecule is CSc1ccc(/C=C2\[C@@H](O)C3CC[NH+]2CC3)cc1. The van der Waals surface area contributed by atoms with E-state index in [1.165, 1.54) is 47.0 Å². The third-order valence-electron chi connectivity index (χ3n) is 4.25. The molecule has 3 aliphatic rings. The highest BCUT2D eigenvalue weighted by molar-refractivity contribution is 7.98. The lowest BCUT2D eigenvalue weighted by Gasteiger charge is -2.41. The summed E-state index contributed by atoms with van der Waals surface area (Å²) in [5, 5.41) is 10.3. The number of hydrogen-bond acceptors (Lipinski definition) is 2. The minimum Gasteiger partial charge on any atom is -0.383 e. The zero-order chi connectivity index (χ0) is 12.5. The Balaban J connectivity index is 1.86. The maximum atomic E-state index is 10.3. The first-order valence-corrected chi connectivity index (χ1v) is 7.89. The summed E-state index contributed by atoms with van der Waals surface area (Å²) in [6.45, 7) is 2.38. The summed E-state index contributed by atoms with van der Waals surface area (Å²) in [5.41, 5.74) is 2.41. The van der Waals surface area contributed by atoms with Gasteiger partial charge in [0.25, 0.3) is 0 Å². The van der Waals surface area contributed by atoms with Crippen LogP contribution in [-0.4, -0.2) is 30.6 Å². The van der Waals surface area contributed by atoms with Crippen LogP contribution in [0.15, 0.2) is 34.9 Å². The maximum absolute atomic E-state index is 10.3. The van der Waals surface area contributed by atoms with E-state index < -0.39 is 0 Å². The molecule has 3 saturated heterocycles. The van der Waals surface area contributed by atoms with Crippen molar-refractivity contribution in [3.05, 3.63) is 35.5 Å². The van der Waals surface area contributed by atoms with Gasteiger partial charge in [-0.15, -0.1) is 11.8 Å². The molecular weight excluding hydrogens is 242 g/mol. The van der Waals surface area contributed by atoms with Crippen LogP contribution in [0.5, 0.6) is 0 Å². The minimum atomic E-state index is -0.220. The molecule has 0 saturated carbocycles. The van der Waals surface area contributed by atoms with Crippen LogP contribution in [0.1, 0.15) is 18.4 Å². The van der Waals surface area contributed by atoms with E-state index >= 15 is 0 Å². The van der Waals surface area contributed by atoms with Gasteiger partial charge in [-0.05, 0) is 24.0 Å². The first-order chi connectivity index (χ1) is 8.78. The Labute approximate surface area is 113 Å². The second kappa shape index (κ2) is 5.08. The topological polar surface area (TPSA) is 24.7 Å². The van der Waals surface area contributed by atoms with Crippen LogP contribution in [0.25, 0.3) is 6.08 Å². The number of fused-ring (bicyclic) bond motifs is 3. The molecule has 2 bridgehead atoms. The van der Waals surface area contributed by atoms with Gasteiger partial charge < -0.3 is 10.0 Å². The molecule has 3 aliphatic heterocycles. The number of hydrogen-bond donors (Lipinski definition) is 2. The standard InChI is InChI=1S/C15H19NOS/c1-18-13-4-2-11(3-5-13)10-14-15(17)12-6-8-16(14)9-7-12/h2-5,10,12,15,17H,6-9H2,1H3/p+1/b14-10+/t15-/m0/s1. The van der Waals surface area contributed by atoms with Crippen molar-refractivity contribution in [2.45, 2.75) is 23.8 Å². The lowest BCUT2D eigenvalue weighted by Crippen LogP contribution is -3.14. The first-order valence-electron chi connectivity index (χ1n) is 6.66. The monoisotopic (exact) mass is 262 g/mol. The summed E-state index contributed by atoms with van der Waals surface area (Å²) in [5.74, 6) is 0.499. The third kappa shape index (κ3) is 2.22. The van der Waals surface area contributed by atoms with Gasteiger partial charge in [-0.2, -0.15) is 0 Å². The second-order valence-corrected chi connectivity index (χ2v) is 6.14. The number of aliphatic hydroxyl groups excluding tert-OH is 1. The molecule has 0 radical (unpaired) electrons. The molecule has 3 heteroatoms. The van der Waals surface area contributed by atoms with Crippen molar-refractivity contribution in [3.63, 3.8) is 0 Å². The molecule has 2 N–H and O–H groups in total. The van der Waals surface area contributed by atoms with Gasteiger partial charge in [0.05, 0.1) is 13.1 Å². The molecule has 0 aliphatic carbocycles. The molecule has 1 aromatic carbocycles. The number of thioether (sulfide) groups is 1. The van der Waals surface area contributed by atoms with E-state index in [1.807, 2.05) is 0 Å². The van der Waals surface area contributed by atoms with E-state index in [-0.39, 0.29) is 6.10 Å². The Morgan fingerprint density at radius 1 is 1.22 bits per heavy atom. The zero-order valence-corrected chi connectivity index (χ0v) is 11.5. The van der Waals surface area contributed by atoms with Gasteiger partial charge in [-0.1, -0.05) is 12.1 Å². The van der Waals surface area contributed by atoms with E-state index in [0.29, 0.717) is 5.92 Å². The zero-order valence-electron chi connectivity index (χ0n) is 10.7. The summed E-state index contributed by atoms with van der Waals surface area (Å²) < 4.78 is 0. The van der Waals surface area contributed by atoms with E-state index in [0.717, 1.165) is 0 Å². The van der Waals surface area contributed by atoms with Gasteiger partial charge in [-0.25, -0.2) is 0 Å². The van der Waals surface area contributed by atoms with Crippen LogP contribution in [0.4, 0.5) is 0 Å². The lowest BCUT2D eigenvalue weighted by molar-refractivity contribution is -0.880. The Morgan fingerprint density at radius 2 is 1.89 bits per heavy atom. The number of aliphatic hydroxyl groups is 1. The molecule has 0 aromatic heterocycles. The van der Waals surface area contributed by atoms with Crippen molar-refractivity contribution in [1.29, 1.82) is 0 Å². The summed E-state index contributed by atoms with van der Waals surface area (Å²) >= 11 is 1.76. The lowest BCUT2D eigenvalue weighted by atomic mass is 9.83. The largest absolute Gasteiger partial charge is 0.383 e. The average Bonchev–Trinajstić information content (AvgIpc) is 2.44. The van der Waals surface area contributed by atoms with Gasteiger partial charge in [0.2, 0.25) is 0 Å². The molecule has 96 valence electrons. The molecule has 1 aromatic rings. The predicted molar refractivity (Wildman–Crippen MR) is 75.6 cm³/mol. The molecule has 18 heavy (non-hydrogen) atoms. The van der Waals surface area contributed by atoms with Crippen molar-refractivity contribution < 1.29 is 10.0 Å². The predicted octanol–water partition coefficient (Wildman–Crippen LogP) is 1.42. The van der Waals surface area contributed by atoms with Crippen LogP contribution < -0.4 is 4.90 Å². The molecular formula is C15H20NOS+. The van der Waals surface area contributed by atoms with E-state index in [9.17, 15) is 5.11 Å². The molecule has 0 spiro atoms. The van der Waals surface area contributed by atoms with Crippen LogP contribution in [-0.2, 0) is 0 Å². The molecule has 0 unspecified atom stereocenters. The maximum Gasteiger partial charge on any atom is 0.137 e. The molecule has 2 nitrogen and oxygen atoms in total. The second-order valence-electron chi connectivity index (χ2n) is 5.26. The Bertz CT molecular complexity index is 442. The fraction of sp³-hybridized carbons (Fsp3) is 0.467. The number of piperidine rings is 3. The molecule has 3 fully saturated rings. The van der Waals surface area contributed by atoms with Crippen LogP contribution in [0.2, 0.25) is 0 Å². The fourth-order valence-corrected chi connectivity index (χ4v) is 3.53. The van der Waals surface area contributed by atoms with Gasteiger partial charge in [0.1, 0.15) is 11.8 Å². The van der Waals surface area contributed by atoms with Gasteiger partial charge >= 0.3 is 0 Å². The van der Waals surface area contributed by atoms with E-state index in [2.05, 4.69) is 36.6 Å². The molecule has 0 amide bonds.